The molecule has 0 saturated heterocycles. The van der Waals surface area contributed by atoms with Gasteiger partial charge < -0.3 is 5.11 Å². The van der Waals surface area contributed by atoms with Crippen molar-refractivity contribution in [3.63, 3.8) is 0 Å². The van der Waals surface area contributed by atoms with Crippen LogP contribution < -0.4 is 0 Å². The van der Waals surface area contributed by atoms with E-state index < -0.39 is 5.97 Å². The van der Waals surface area contributed by atoms with E-state index in [2.05, 4.69) is 55.5 Å². The van der Waals surface area contributed by atoms with Gasteiger partial charge in [-0.1, -0.05) is 80.5 Å². The molecule has 1 N–H and O–H groups in total. The molecule has 0 fully saturated rings. The SMILES string of the molecule is CCCCC/C=C/C/C=C\C/C=C\C/C=C\C/C=C\CCC(=O)O. The number of aliphatic carboxylic acids is 1. The van der Waals surface area contributed by atoms with Crippen LogP contribution in [0.1, 0.15) is 71.1 Å². The van der Waals surface area contributed by atoms with E-state index in [-0.39, 0.29) is 6.42 Å². The van der Waals surface area contributed by atoms with Gasteiger partial charge in [-0.05, 0) is 44.9 Å². The van der Waals surface area contributed by atoms with Gasteiger partial charge in [-0.15, -0.1) is 0 Å². The molecule has 0 atom stereocenters. The monoisotopic (exact) mass is 330 g/mol. The molecule has 0 saturated carbocycles. The fourth-order valence-corrected chi connectivity index (χ4v) is 2.04. The lowest BCUT2D eigenvalue weighted by Gasteiger charge is -1.90. The van der Waals surface area contributed by atoms with Gasteiger partial charge in [0.15, 0.2) is 0 Å². The summed E-state index contributed by atoms with van der Waals surface area (Å²) in [5.74, 6) is -0.739. The van der Waals surface area contributed by atoms with Crippen LogP contribution in [-0.4, -0.2) is 11.1 Å². The first kappa shape index (κ1) is 22.2. The molecule has 0 heterocycles. The number of carboxylic acids is 1. The Morgan fingerprint density at radius 3 is 1.50 bits per heavy atom. The zero-order valence-corrected chi connectivity index (χ0v) is 15.2. The van der Waals surface area contributed by atoms with Gasteiger partial charge in [0.1, 0.15) is 0 Å². The largest absolute Gasteiger partial charge is 0.481 e. The Balaban J connectivity index is 3.46. The zero-order valence-electron chi connectivity index (χ0n) is 15.2. The molecule has 0 aliphatic carbocycles. The number of carboxylic acid groups (broad SMARTS) is 1. The standard InChI is InChI=1S/C22H34O2/c1-2-3-4-5-6-7-8-9-10-11-12-13-14-15-16-17-18-19-20-21-22(23)24/h6-7,9-10,12-13,15-16,18-19H,2-5,8,11,14,17,20-21H2,1H3,(H,23,24)/b7-6+,10-9-,13-12-,16-15-,19-18-. The molecule has 24 heavy (non-hydrogen) atoms. The minimum Gasteiger partial charge on any atom is -0.481 e. The van der Waals surface area contributed by atoms with Crippen molar-refractivity contribution in [3.05, 3.63) is 60.8 Å². The summed E-state index contributed by atoms with van der Waals surface area (Å²) in [6.07, 6.45) is 31.4. The van der Waals surface area contributed by atoms with Crippen LogP contribution >= 0.6 is 0 Å². The summed E-state index contributed by atoms with van der Waals surface area (Å²) in [5.41, 5.74) is 0. The predicted molar refractivity (Wildman–Crippen MR) is 105 cm³/mol. The molecule has 134 valence electrons. The zero-order chi connectivity index (χ0) is 17.7. The molecule has 0 amide bonds. The van der Waals surface area contributed by atoms with Gasteiger partial charge in [0.05, 0.1) is 0 Å². The number of unbranched alkanes of at least 4 members (excludes halogenated alkanes) is 3. The molecule has 0 spiro atoms. The molecular formula is C22H34O2. The smallest absolute Gasteiger partial charge is 0.303 e. The summed E-state index contributed by atoms with van der Waals surface area (Å²) >= 11 is 0. The Hall–Kier alpha value is -1.83. The third-order valence-corrected chi connectivity index (χ3v) is 3.42. The van der Waals surface area contributed by atoms with E-state index in [4.69, 9.17) is 5.11 Å². The normalized spacial score (nSPS) is 12.7. The molecule has 0 bridgehead atoms. The fraction of sp³-hybridized carbons (Fsp3) is 0.500. The highest BCUT2D eigenvalue weighted by atomic mass is 16.4. The Bertz CT molecular complexity index is 425. The van der Waals surface area contributed by atoms with Crippen molar-refractivity contribution in [1.29, 1.82) is 0 Å². The van der Waals surface area contributed by atoms with Gasteiger partial charge in [0.2, 0.25) is 0 Å². The van der Waals surface area contributed by atoms with E-state index in [0.717, 1.165) is 25.7 Å². The molecule has 0 aliphatic heterocycles. The van der Waals surface area contributed by atoms with Crippen LogP contribution in [0.2, 0.25) is 0 Å². The molecule has 0 aromatic heterocycles. The average Bonchev–Trinajstić information content (AvgIpc) is 2.56. The van der Waals surface area contributed by atoms with Gasteiger partial charge >= 0.3 is 5.97 Å². The first-order valence-electron chi connectivity index (χ1n) is 9.24. The maximum absolute atomic E-state index is 10.3. The van der Waals surface area contributed by atoms with E-state index in [1.165, 1.54) is 25.7 Å². The molecular weight excluding hydrogens is 296 g/mol. The van der Waals surface area contributed by atoms with Crippen LogP contribution in [0.15, 0.2) is 60.8 Å². The lowest BCUT2D eigenvalue weighted by molar-refractivity contribution is -0.136. The first-order valence-corrected chi connectivity index (χ1v) is 9.24. The Morgan fingerprint density at radius 2 is 1.08 bits per heavy atom. The summed E-state index contributed by atoms with van der Waals surface area (Å²) in [7, 11) is 0. The summed E-state index contributed by atoms with van der Waals surface area (Å²) in [6.45, 7) is 2.23. The highest BCUT2D eigenvalue weighted by Gasteiger charge is 1.90. The molecule has 2 heteroatoms. The van der Waals surface area contributed by atoms with E-state index >= 15 is 0 Å². The predicted octanol–water partition coefficient (Wildman–Crippen LogP) is 6.77. The lowest BCUT2D eigenvalue weighted by atomic mass is 10.2. The Kier molecular flexibility index (Phi) is 17.8. The minimum atomic E-state index is -0.739. The van der Waals surface area contributed by atoms with Gasteiger partial charge in [-0.2, -0.15) is 0 Å². The van der Waals surface area contributed by atoms with Gasteiger partial charge in [-0.25, -0.2) is 0 Å². The van der Waals surface area contributed by atoms with Gasteiger partial charge in [0, 0.05) is 6.42 Å². The number of allylic oxidation sites excluding steroid dienone is 10. The highest BCUT2D eigenvalue weighted by Crippen LogP contribution is 2.01. The highest BCUT2D eigenvalue weighted by molar-refractivity contribution is 5.66. The second-order valence-corrected chi connectivity index (χ2v) is 5.73. The van der Waals surface area contributed by atoms with E-state index in [9.17, 15) is 4.79 Å². The quantitative estimate of drug-likeness (QED) is 0.265. The summed E-state index contributed by atoms with van der Waals surface area (Å²) < 4.78 is 0. The van der Waals surface area contributed by atoms with Gasteiger partial charge in [0.25, 0.3) is 0 Å². The van der Waals surface area contributed by atoms with Crippen molar-refractivity contribution >= 4 is 5.97 Å². The first-order chi connectivity index (χ1) is 11.8. The molecule has 2 nitrogen and oxygen atoms in total. The maximum Gasteiger partial charge on any atom is 0.303 e. The molecule has 0 rings (SSSR count). The van der Waals surface area contributed by atoms with Crippen LogP contribution in [0.5, 0.6) is 0 Å². The number of carbonyl (C=O) groups is 1. The topological polar surface area (TPSA) is 37.3 Å². The molecule has 0 aromatic carbocycles. The van der Waals surface area contributed by atoms with Crippen molar-refractivity contribution in [3.8, 4) is 0 Å². The van der Waals surface area contributed by atoms with Crippen molar-refractivity contribution in [2.24, 2.45) is 0 Å². The summed E-state index contributed by atoms with van der Waals surface area (Å²) in [5, 5.41) is 8.49. The fourth-order valence-electron chi connectivity index (χ4n) is 2.04. The third kappa shape index (κ3) is 20.2. The van der Waals surface area contributed by atoms with Crippen molar-refractivity contribution < 1.29 is 9.90 Å². The maximum atomic E-state index is 10.3. The molecule has 0 radical (unpaired) electrons. The van der Waals surface area contributed by atoms with Crippen molar-refractivity contribution in [1.82, 2.24) is 0 Å². The Morgan fingerprint density at radius 1 is 0.667 bits per heavy atom. The van der Waals surface area contributed by atoms with Crippen molar-refractivity contribution in [2.45, 2.75) is 71.1 Å². The van der Waals surface area contributed by atoms with Crippen molar-refractivity contribution in [2.75, 3.05) is 0 Å². The van der Waals surface area contributed by atoms with E-state index in [1.54, 1.807) is 0 Å². The van der Waals surface area contributed by atoms with E-state index in [0.29, 0.717) is 6.42 Å². The summed E-state index contributed by atoms with van der Waals surface area (Å²) in [4.78, 5) is 10.3. The average molecular weight is 331 g/mol. The van der Waals surface area contributed by atoms with Crippen LogP contribution in [0.25, 0.3) is 0 Å². The second-order valence-electron chi connectivity index (χ2n) is 5.73. The van der Waals surface area contributed by atoms with Crippen LogP contribution in [0, 0.1) is 0 Å². The summed E-state index contributed by atoms with van der Waals surface area (Å²) in [6, 6.07) is 0. The molecule has 0 aliphatic rings. The minimum absolute atomic E-state index is 0.213. The van der Waals surface area contributed by atoms with E-state index in [1.807, 2.05) is 12.2 Å². The number of hydrogen-bond acceptors (Lipinski definition) is 1. The van der Waals surface area contributed by atoms with Gasteiger partial charge in [-0.3, -0.25) is 4.79 Å². The third-order valence-electron chi connectivity index (χ3n) is 3.42. The van der Waals surface area contributed by atoms with Crippen LogP contribution in [0.4, 0.5) is 0 Å². The second kappa shape index (κ2) is 19.2. The molecule has 0 aromatic rings. The number of rotatable bonds is 15. The van der Waals surface area contributed by atoms with Crippen LogP contribution in [-0.2, 0) is 4.79 Å². The van der Waals surface area contributed by atoms with Crippen LogP contribution in [0.3, 0.4) is 0 Å². The lowest BCUT2D eigenvalue weighted by Crippen LogP contribution is -1.91. The number of hydrogen-bond donors (Lipinski definition) is 1. The molecule has 0 unspecified atom stereocenters. The Labute approximate surface area is 148 Å².